The van der Waals surface area contributed by atoms with Gasteiger partial charge in [0.2, 0.25) is 5.91 Å². The largest absolute Gasteiger partial charge is 0.494 e. The number of likely N-dealkylation sites (N-methyl/N-ethyl adjacent to an activating group) is 1. The van der Waals surface area contributed by atoms with Gasteiger partial charge < -0.3 is 14.4 Å². The van der Waals surface area contributed by atoms with E-state index < -0.39 is 11.7 Å². The molecule has 0 heterocycles. The first-order chi connectivity index (χ1) is 12.6. The Hall–Kier alpha value is -2.24. The molecule has 1 aromatic carbocycles. The van der Waals surface area contributed by atoms with E-state index in [9.17, 15) is 9.59 Å². The van der Waals surface area contributed by atoms with Gasteiger partial charge in [-0.3, -0.25) is 9.69 Å². The molecule has 0 aliphatic carbocycles. The van der Waals surface area contributed by atoms with E-state index in [1.165, 1.54) is 9.80 Å². The van der Waals surface area contributed by atoms with Gasteiger partial charge in [0.15, 0.2) is 0 Å². The molecule has 0 spiro atoms. The van der Waals surface area contributed by atoms with Crippen LogP contribution in [0.15, 0.2) is 24.3 Å². The van der Waals surface area contributed by atoms with E-state index in [0.29, 0.717) is 19.6 Å². The summed E-state index contributed by atoms with van der Waals surface area (Å²) in [5.74, 6) is 0.687. The molecule has 0 bridgehead atoms. The Kier molecular flexibility index (Phi) is 9.12. The fourth-order valence-electron chi connectivity index (χ4n) is 2.26. The van der Waals surface area contributed by atoms with Crippen molar-refractivity contribution in [3.63, 3.8) is 0 Å². The van der Waals surface area contributed by atoms with Gasteiger partial charge in [0, 0.05) is 20.6 Å². The number of rotatable bonds is 9. The third kappa shape index (κ3) is 9.31. The molecule has 1 rings (SSSR count). The highest BCUT2D eigenvalue weighted by atomic mass is 16.6. The van der Waals surface area contributed by atoms with Crippen molar-refractivity contribution < 1.29 is 19.1 Å². The van der Waals surface area contributed by atoms with Crippen molar-refractivity contribution in [2.45, 2.75) is 52.6 Å². The predicted octanol–water partition coefficient (Wildman–Crippen LogP) is 3.73. The molecule has 2 amide bonds. The molecule has 0 atom stereocenters. The second-order valence-electron chi connectivity index (χ2n) is 7.79. The van der Waals surface area contributed by atoms with Crippen molar-refractivity contribution in [1.29, 1.82) is 0 Å². The third-order valence-electron chi connectivity index (χ3n) is 3.81. The monoisotopic (exact) mass is 378 g/mol. The molecule has 6 heteroatoms. The van der Waals surface area contributed by atoms with Crippen LogP contribution in [0.25, 0.3) is 0 Å². The summed E-state index contributed by atoms with van der Waals surface area (Å²) in [6.45, 7) is 8.65. The van der Waals surface area contributed by atoms with Gasteiger partial charge >= 0.3 is 6.09 Å². The summed E-state index contributed by atoms with van der Waals surface area (Å²) in [5.41, 5.74) is 0.443. The Morgan fingerprint density at radius 3 is 2.44 bits per heavy atom. The van der Waals surface area contributed by atoms with E-state index in [1.54, 1.807) is 14.1 Å². The van der Waals surface area contributed by atoms with E-state index in [4.69, 9.17) is 9.47 Å². The van der Waals surface area contributed by atoms with E-state index in [1.807, 2.05) is 45.0 Å². The standard InChI is InChI=1S/C21H34N2O4/c1-7-8-14-26-18-11-9-10-17(15-18)12-13-23(16-19(24)22(5)6)20(25)27-21(2,3)4/h9-11,15H,7-8,12-14,16H2,1-6H3. The molecule has 0 unspecified atom stereocenters. The molecule has 0 aliphatic heterocycles. The molecule has 0 saturated carbocycles. The van der Waals surface area contributed by atoms with Crippen LogP contribution in [0.1, 0.15) is 46.1 Å². The maximum Gasteiger partial charge on any atom is 0.410 e. The lowest BCUT2D eigenvalue weighted by Crippen LogP contribution is -2.43. The smallest absolute Gasteiger partial charge is 0.410 e. The number of nitrogens with zero attached hydrogens (tertiary/aromatic N) is 2. The zero-order chi connectivity index (χ0) is 20.4. The topological polar surface area (TPSA) is 59.1 Å². The second-order valence-corrected chi connectivity index (χ2v) is 7.79. The Labute approximate surface area is 163 Å². The molecule has 0 fully saturated rings. The lowest BCUT2D eigenvalue weighted by Gasteiger charge is -2.28. The quantitative estimate of drug-likeness (QED) is 0.614. The molecule has 1 aromatic rings. The van der Waals surface area contributed by atoms with Crippen LogP contribution >= 0.6 is 0 Å². The van der Waals surface area contributed by atoms with Crippen LogP contribution in [0.5, 0.6) is 5.75 Å². The van der Waals surface area contributed by atoms with Gasteiger partial charge in [-0.1, -0.05) is 25.5 Å². The van der Waals surface area contributed by atoms with Crippen molar-refractivity contribution >= 4 is 12.0 Å². The van der Waals surface area contributed by atoms with Gasteiger partial charge in [0.05, 0.1) is 6.61 Å². The highest BCUT2D eigenvalue weighted by Gasteiger charge is 2.24. The Balaban J connectivity index is 2.76. The lowest BCUT2D eigenvalue weighted by atomic mass is 10.1. The summed E-state index contributed by atoms with van der Waals surface area (Å²) in [6, 6.07) is 7.85. The summed E-state index contributed by atoms with van der Waals surface area (Å²) in [5, 5.41) is 0. The second kappa shape index (κ2) is 10.8. The molecule has 6 nitrogen and oxygen atoms in total. The molecule has 152 valence electrons. The van der Waals surface area contributed by atoms with Crippen molar-refractivity contribution in [2.24, 2.45) is 0 Å². The lowest BCUT2D eigenvalue weighted by molar-refractivity contribution is -0.129. The Morgan fingerprint density at radius 2 is 1.85 bits per heavy atom. The number of benzene rings is 1. The Bertz CT molecular complexity index is 608. The first-order valence-electron chi connectivity index (χ1n) is 9.52. The molecular weight excluding hydrogens is 344 g/mol. The minimum Gasteiger partial charge on any atom is -0.494 e. The number of amides is 2. The summed E-state index contributed by atoms with van der Waals surface area (Å²) in [6.07, 6.45) is 2.24. The van der Waals surface area contributed by atoms with Gasteiger partial charge in [-0.05, 0) is 51.3 Å². The fourth-order valence-corrected chi connectivity index (χ4v) is 2.26. The molecule has 0 saturated heterocycles. The van der Waals surface area contributed by atoms with Crippen LogP contribution in [0.2, 0.25) is 0 Å². The summed E-state index contributed by atoms with van der Waals surface area (Å²) < 4.78 is 11.2. The molecule has 0 radical (unpaired) electrons. The average Bonchev–Trinajstić information content (AvgIpc) is 2.57. The summed E-state index contributed by atoms with van der Waals surface area (Å²) in [4.78, 5) is 27.5. The normalized spacial score (nSPS) is 11.0. The van der Waals surface area contributed by atoms with Crippen LogP contribution in [0, 0.1) is 0 Å². The zero-order valence-corrected chi connectivity index (χ0v) is 17.6. The number of unbranched alkanes of at least 4 members (excludes halogenated alkanes) is 1. The van der Waals surface area contributed by atoms with Gasteiger partial charge in [-0.25, -0.2) is 4.79 Å². The van der Waals surface area contributed by atoms with Gasteiger partial charge in [-0.2, -0.15) is 0 Å². The van der Waals surface area contributed by atoms with Gasteiger partial charge in [0.1, 0.15) is 17.9 Å². The number of carbonyl (C=O) groups is 2. The van der Waals surface area contributed by atoms with Crippen LogP contribution in [0.4, 0.5) is 4.79 Å². The van der Waals surface area contributed by atoms with Crippen LogP contribution in [-0.2, 0) is 16.0 Å². The molecule has 0 aromatic heterocycles. The zero-order valence-electron chi connectivity index (χ0n) is 17.6. The van der Waals surface area contributed by atoms with Crippen molar-refractivity contribution in [2.75, 3.05) is 33.8 Å². The van der Waals surface area contributed by atoms with E-state index in [-0.39, 0.29) is 12.5 Å². The molecule has 0 N–H and O–H groups in total. The van der Waals surface area contributed by atoms with Crippen LogP contribution < -0.4 is 4.74 Å². The number of carbonyl (C=O) groups excluding carboxylic acids is 2. The minimum atomic E-state index is -0.608. The number of ether oxygens (including phenoxy) is 2. The predicted molar refractivity (Wildman–Crippen MR) is 107 cm³/mol. The minimum absolute atomic E-state index is 0.00535. The van der Waals surface area contributed by atoms with Gasteiger partial charge in [0.25, 0.3) is 0 Å². The van der Waals surface area contributed by atoms with Gasteiger partial charge in [-0.15, -0.1) is 0 Å². The molecule has 27 heavy (non-hydrogen) atoms. The number of hydrogen-bond donors (Lipinski definition) is 0. The highest BCUT2D eigenvalue weighted by molar-refractivity contribution is 5.82. The third-order valence-corrected chi connectivity index (χ3v) is 3.81. The summed E-state index contributed by atoms with van der Waals surface area (Å²) in [7, 11) is 3.35. The fraction of sp³-hybridized carbons (Fsp3) is 0.619. The SMILES string of the molecule is CCCCOc1cccc(CCN(CC(=O)N(C)C)C(=O)OC(C)(C)C)c1. The van der Waals surface area contributed by atoms with Crippen LogP contribution in [-0.4, -0.2) is 61.2 Å². The molecule has 0 aliphatic rings. The van der Waals surface area contributed by atoms with E-state index in [0.717, 1.165) is 24.2 Å². The highest BCUT2D eigenvalue weighted by Crippen LogP contribution is 2.16. The van der Waals surface area contributed by atoms with Crippen LogP contribution in [0.3, 0.4) is 0 Å². The average molecular weight is 379 g/mol. The van der Waals surface area contributed by atoms with Crippen molar-refractivity contribution in [3.05, 3.63) is 29.8 Å². The maximum absolute atomic E-state index is 12.5. The number of hydrogen-bond acceptors (Lipinski definition) is 4. The van der Waals surface area contributed by atoms with E-state index >= 15 is 0 Å². The van der Waals surface area contributed by atoms with Crippen molar-refractivity contribution in [1.82, 2.24) is 9.80 Å². The Morgan fingerprint density at radius 1 is 1.15 bits per heavy atom. The summed E-state index contributed by atoms with van der Waals surface area (Å²) >= 11 is 0. The first-order valence-corrected chi connectivity index (χ1v) is 9.52. The van der Waals surface area contributed by atoms with Crippen molar-refractivity contribution in [3.8, 4) is 5.75 Å². The molecular formula is C21H34N2O4. The maximum atomic E-state index is 12.5. The van der Waals surface area contributed by atoms with E-state index in [2.05, 4.69) is 6.92 Å². The first kappa shape index (κ1) is 22.8.